The maximum Gasteiger partial charge on any atom is 0.255 e. The lowest BCUT2D eigenvalue weighted by Gasteiger charge is -2.23. The highest BCUT2D eigenvalue weighted by atomic mass is 16.5. The van der Waals surface area contributed by atoms with Crippen molar-refractivity contribution in [1.29, 1.82) is 0 Å². The molecule has 0 bridgehead atoms. The summed E-state index contributed by atoms with van der Waals surface area (Å²) in [6.45, 7) is 0. The minimum Gasteiger partial charge on any atom is -0.494 e. The number of carbonyl (C=O) groups excluding carboxylic acids is 1. The van der Waals surface area contributed by atoms with Crippen molar-refractivity contribution in [3.8, 4) is 5.75 Å². The number of carbonyl (C=O) groups is 1. The summed E-state index contributed by atoms with van der Waals surface area (Å²) >= 11 is 0. The standard InChI is InChI=1S/C13H18N2O2/c1-17-12-9-14-8-7-11(12)13(16)15-10-5-3-2-4-6-10/h7-10H,2-6H2,1H3,(H,15,16). The average molecular weight is 234 g/mol. The van der Waals surface area contributed by atoms with Gasteiger partial charge in [-0.15, -0.1) is 0 Å². The van der Waals surface area contributed by atoms with Crippen LogP contribution in [-0.4, -0.2) is 24.0 Å². The molecule has 1 aromatic rings. The van der Waals surface area contributed by atoms with Crippen LogP contribution < -0.4 is 10.1 Å². The smallest absolute Gasteiger partial charge is 0.255 e. The maximum atomic E-state index is 12.1. The van der Waals surface area contributed by atoms with Crippen LogP contribution in [0.4, 0.5) is 0 Å². The summed E-state index contributed by atoms with van der Waals surface area (Å²) in [5.41, 5.74) is 0.563. The van der Waals surface area contributed by atoms with Gasteiger partial charge in [-0.25, -0.2) is 0 Å². The minimum absolute atomic E-state index is 0.0591. The molecule has 0 atom stereocenters. The molecule has 0 aromatic carbocycles. The van der Waals surface area contributed by atoms with E-state index in [4.69, 9.17) is 4.74 Å². The van der Waals surface area contributed by atoms with E-state index < -0.39 is 0 Å². The number of hydrogen-bond donors (Lipinski definition) is 1. The molecule has 92 valence electrons. The van der Waals surface area contributed by atoms with Gasteiger partial charge in [0.1, 0.15) is 5.75 Å². The Bertz CT molecular complexity index is 387. The molecule has 1 amide bonds. The summed E-state index contributed by atoms with van der Waals surface area (Å²) < 4.78 is 5.13. The van der Waals surface area contributed by atoms with E-state index in [9.17, 15) is 4.79 Å². The highest BCUT2D eigenvalue weighted by Gasteiger charge is 2.18. The molecule has 1 aromatic heterocycles. The summed E-state index contributed by atoms with van der Waals surface area (Å²) in [5, 5.41) is 3.06. The van der Waals surface area contributed by atoms with Gasteiger partial charge in [0, 0.05) is 12.2 Å². The molecule has 0 unspecified atom stereocenters. The topological polar surface area (TPSA) is 51.2 Å². The molecule has 17 heavy (non-hydrogen) atoms. The Morgan fingerprint density at radius 3 is 2.88 bits per heavy atom. The second kappa shape index (κ2) is 5.66. The van der Waals surface area contributed by atoms with E-state index in [1.165, 1.54) is 19.3 Å². The first kappa shape index (κ1) is 11.9. The van der Waals surface area contributed by atoms with Gasteiger partial charge < -0.3 is 10.1 Å². The molecule has 1 N–H and O–H groups in total. The predicted molar refractivity (Wildman–Crippen MR) is 65.1 cm³/mol. The fourth-order valence-corrected chi connectivity index (χ4v) is 2.24. The Balaban J connectivity index is 2.03. The average Bonchev–Trinajstić information content (AvgIpc) is 2.40. The van der Waals surface area contributed by atoms with E-state index in [1.807, 2.05) is 0 Å². The first-order chi connectivity index (χ1) is 8.31. The van der Waals surface area contributed by atoms with Crippen LogP contribution in [0.15, 0.2) is 18.5 Å². The van der Waals surface area contributed by atoms with Crippen molar-refractivity contribution in [3.05, 3.63) is 24.0 Å². The maximum absolute atomic E-state index is 12.1. The zero-order valence-corrected chi connectivity index (χ0v) is 10.1. The third-order valence-electron chi connectivity index (χ3n) is 3.19. The van der Waals surface area contributed by atoms with E-state index in [-0.39, 0.29) is 5.91 Å². The number of pyridine rings is 1. The zero-order valence-electron chi connectivity index (χ0n) is 10.1. The molecule has 4 nitrogen and oxygen atoms in total. The molecule has 4 heteroatoms. The Kier molecular flexibility index (Phi) is 3.96. The summed E-state index contributed by atoms with van der Waals surface area (Å²) in [6.07, 6.45) is 9.04. The molecule has 1 saturated carbocycles. The summed E-state index contributed by atoms with van der Waals surface area (Å²) in [7, 11) is 1.55. The van der Waals surface area contributed by atoms with Crippen LogP contribution in [0, 0.1) is 0 Å². The molecule has 1 aliphatic rings. The summed E-state index contributed by atoms with van der Waals surface area (Å²) in [5.74, 6) is 0.469. The van der Waals surface area contributed by atoms with E-state index in [2.05, 4.69) is 10.3 Å². The fraction of sp³-hybridized carbons (Fsp3) is 0.538. The number of rotatable bonds is 3. The molecule has 0 radical (unpaired) electrons. The first-order valence-electron chi connectivity index (χ1n) is 6.10. The van der Waals surface area contributed by atoms with Gasteiger partial charge in [0.2, 0.25) is 0 Å². The van der Waals surface area contributed by atoms with Gasteiger partial charge in [-0.2, -0.15) is 0 Å². The summed E-state index contributed by atoms with van der Waals surface area (Å²) in [4.78, 5) is 16.0. The third kappa shape index (κ3) is 2.96. The van der Waals surface area contributed by atoms with Gasteiger partial charge >= 0.3 is 0 Å². The lowest BCUT2D eigenvalue weighted by Crippen LogP contribution is -2.36. The molecular formula is C13H18N2O2. The molecule has 1 fully saturated rings. The number of nitrogens with zero attached hydrogens (tertiary/aromatic N) is 1. The number of ether oxygens (including phenoxy) is 1. The third-order valence-corrected chi connectivity index (χ3v) is 3.19. The van der Waals surface area contributed by atoms with Crippen LogP contribution in [0.3, 0.4) is 0 Å². The van der Waals surface area contributed by atoms with Crippen molar-refractivity contribution in [3.63, 3.8) is 0 Å². The van der Waals surface area contributed by atoms with Crippen molar-refractivity contribution < 1.29 is 9.53 Å². The highest BCUT2D eigenvalue weighted by molar-refractivity contribution is 5.96. The molecule has 0 spiro atoms. The van der Waals surface area contributed by atoms with Gasteiger partial charge in [0.05, 0.1) is 18.9 Å². The molecule has 1 heterocycles. The van der Waals surface area contributed by atoms with Crippen LogP contribution in [0.25, 0.3) is 0 Å². The van der Waals surface area contributed by atoms with E-state index in [0.717, 1.165) is 12.8 Å². The molecular weight excluding hydrogens is 216 g/mol. The molecule has 0 aliphatic heterocycles. The number of hydrogen-bond acceptors (Lipinski definition) is 3. The van der Waals surface area contributed by atoms with Gasteiger partial charge in [0.15, 0.2) is 0 Å². The van der Waals surface area contributed by atoms with Crippen LogP contribution in [-0.2, 0) is 0 Å². The Hall–Kier alpha value is -1.58. The van der Waals surface area contributed by atoms with Gasteiger partial charge in [-0.1, -0.05) is 19.3 Å². The van der Waals surface area contributed by atoms with Crippen LogP contribution in [0.1, 0.15) is 42.5 Å². The fourth-order valence-electron chi connectivity index (χ4n) is 2.24. The Morgan fingerprint density at radius 1 is 1.41 bits per heavy atom. The second-order valence-corrected chi connectivity index (χ2v) is 4.38. The number of methoxy groups -OCH3 is 1. The molecule has 2 rings (SSSR count). The van der Waals surface area contributed by atoms with Gasteiger partial charge in [0.25, 0.3) is 5.91 Å². The van der Waals surface area contributed by atoms with E-state index in [1.54, 1.807) is 25.6 Å². The largest absolute Gasteiger partial charge is 0.494 e. The van der Waals surface area contributed by atoms with Crippen LogP contribution >= 0.6 is 0 Å². The number of aromatic nitrogens is 1. The highest BCUT2D eigenvalue weighted by Crippen LogP contribution is 2.20. The minimum atomic E-state index is -0.0591. The normalized spacial score (nSPS) is 16.5. The monoisotopic (exact) mass is 234 g/mol. The van der Waals surface area contributed by atoms with Crippen LogP contribution in [0.2, 0.25) is 0 Å². The number of amides is 1. The number of nitrogens with one attached hydrogen (secondary N) is 1. The predicted octanol–water partition coefficient (Wildman–Crippen LogP) is 2.15. The van der Waals surface area contributed by atoms with Crippen molar-refractivity contribution >= 4 is 5.91 Å². The summed E-state index contributed by atoms with van der Waals surface area (Å²) in [6, 6.07) is 2.01. The Morgan fingerprint density at radius 2 is 2.18 bits per heavy atom. The van der Waals surface area contributed by atoms with Crippen molar-refractivity contribution in [2.24, 2.45) is 0 Å². The zero-order chi connectivity index (χ0) is 12.1. The molecule has 0 saturated heterocycles. The van der Waals surface area contributed by atoms with E-state index in [0.29, 0.717) is 17.4 Å². The SMILES string of the molecule is COc1cnccc1C(=O)NC1CCCCC1. The van der Waals surface area contributed by atoms with Gasteiger partial charge in [-0.05, 0) is 18.9 Å². The molecule has 1 aliphatic carbocycles. The first-order valence-corrected chi connectivity index (χ1v) is 6.10. The quantitative estimate of drug-likeness (QED) is 0.871. The van der Waals surface area contributed by atoms with Gasteiger partial charge in [-0.3, -0.25) is 9.78 Å². The Labute approximate surface area is 101 Å². The van der Waals surface area contributed by atoms with Crippen molar-refractivity contribution in [2.75, 3.05) is 7.11 Å². The lowest BCUT2D eigenvalue weighted by molar-refractivity contribution is 0.0924. The van der Waals surface area contributed by atoms with E-state index >= 15 is 0 Å². The van der Waals surface area contributed by atoms with Crippen LogP contribution in [0.5, 0.6) is 5.75 Å². The van der Waals surface area contributed by atoms with Crippen molar-refractivity contribution in [1.82, 2.24) is 10.3 Å². The van der Waals surface area contributed by atoms with Crippen molar-refractivity contribution in [2.45, 2.75) is 38.1 Å². The lowest BCUT2D eigenvalue weighted by atomic mass is 9.95. The second-order valence-electron chi connectivity index (χ2n) is 4.38.